The van der Waals surface area contributed by atoms with E-state index in [1.165, 1.54) is 24.3 Å². The Labute approximate surface area is 214 Å². The van der Waals surface area contributed by atoms with Gasteiger partial charge in [0.05, 0.1) is 4.91 Å². The highest BCUT2D eigenvalue weighted by atomic mass is 35.5. The largest absolute Gasteiger partial charge is 0.488 e. The van der Waals surface area contributed by atoms with E-state index in [1.54, 1.807) is 42.5 Å². The molecule has 1 heterocycles. The van der Waals surface area contributed by atoms with Crippen LogP contribution in [0, 0.1) is 5.82 Å². The third-order valence-corrected chi connectivity index (χ3v) is 6.38. The van der Waals surface area contributed by atoms with E-state index in [0.717, 1.165) is 28.3 Å². The second kappa shape index (κ2) is 10.9. The highest BCUT2D eigenvalue weighted by Gasteiger charge is 2.36. The van der Waals surface area contributed by atoms with Gasteiger partial charge in [-0.15, -0.1) is 0 Å². The van der Waals surface area contributed by atoms with Gasteiger partial charge in [-0.25, -0.2) is 4.39 Å². The maximum atomic E-state index is 13.3. The molecule has 1 saturated heterocycles. The van der Waals surface area contributed by atoms with Gasteiger partial charge in [0, 0.05) is 26.9 Å². The van der Waals surface area contributed by atoms with Crippen molar-refractivity contribution < 1.29 is 23.5 Å². The van der Waals surface area contributed by atoms with Crippen LogP contribution in [0.4, 0.5) is 14.9 Å². The molecule has 1 fully saturated rings. The minimum atomic E-state index is -0.622. The highest BCUT2D eigenvalue weighted by Crippen LogP contribution is 2.34. The Bertz CT molecular complexity index is 1350. The fourth-order valence-electron chi connectivity index (χ4n) is 3.21. The fourth-order valence-corrected chi connectivity index (χ4v) is 4.51. The summed E-state index contributed by atoms with van der Waals surface area (Å²) in [6.45, 7) is -0.325. The number of hydrogen-bond donors (Lipinski definition) is 1. The first kappa shape index (κ1) is 24.8. The van der Waals surface area contributed by atoms with Crippen molar-refractivity contribution in [3.8, 4) is 5.75 Å². The van der Waals surface area contributed by atoms with E-state index in [2.05, 4.69) is 5.32 Å². The minimum absolute atomic E-state index is 0.147. The quantitative estimate of drug-likeness (QED) is 0.358. The van der Waals surface area contributed by atoms with Crippen LogP contribution in [-0.4, -0.2) is 28.5 Å². The Morgan fingerprint density at radius 2 is 1.86 bits per heavy atom. The summed E-state index contributed by atoms with van der Waals surface area (Å²) in [5.74, 6) is -1.27. The molecule has 0 saturated carbocycles. The number of anilines is 1. The number of hydrogen-bond acceptors (Lipinski definition) is 5. The summed E-state index contributed by atoms with van der Waals surface area (Å²) < 4.78 is 19.2. The maximum absolute atomic E-state index is 13.3. The van der Waals surface area contributed by atoms with Crippen LogP contribution in [0.25, 0.3) is 6.08 Å². The van der Waals surface area contributed by atoms with Crippen molar-refractivity contribution in [3.05, 3.63) is 98.6 Å². The Balaban J connectivity index is 1.46. The molecule has 0 radical (unpaired) electrons. The van der Waals surface area contributed by atoms with Crippen molar-refractivity contribution in [2.24, 2.45) is 0 Å². The molecule has 10 heteroatoms. The number of amides is 3. The highest BCUT2D eigenvalue weighted by molar-refractivity contribution is 8.18. The monoisotopic (exact) mass is 530 g/mol. The molecule has 6 nitrogen and oxygen atoms in total. The number of imide groups is 1. The number of rotatable bonds is 7. The summed E-state index contributed by atoms with van der Waals surface area (Å²) in [5, 5.41) is 2.87. The predicted molar refractivity (Wildman–Crippen MR) is 135 cm³/mol. The number of nitrogens with one attached hydrogen (secondary N) is 1. The van der Waals surface area contributed by atoms with Crippen LogP contribution in [0.1, 0.15) is 11.1 Å². The van der Waals surface area contributed by atoms with Crippen LogP contribution < -0.4 is 10.1 Å². The van der Waals surface area contributed by atoms with E-state index in [1.807, 2.05) is 0 Å². The minimum Gasteiger partial charge on any atom is -0.488 e. The number of halogens is 3. The van der Waals surface area contributed by atoms with Crippen LogP contribution in [-0.2, 0) is 16.2 Å². The van der Waals surface area contributed by atoms with Crippen LogP contribution in [0.5, 0.6) is 5.75 Å². The molecule has 178 valence electrons. The van der Waals surface area contributed by atoms with Gasteiger partial charge < -0.3 is 10.1 Å². The van der Waals surface area contributed by atoms with Gasteiger partial charge in [-0.3, -0.25) is 19.3 Å². The molecule has 4 rings (SSSR count). The summed E-state index contributed by atoms with van der Waals surface area (Å²) in [6.07, 6.45) is 1.54. The maximum Gasteiger partial charge on any atom is 0.294 e. The van der Waals surface area contributed by atoms with Crippen molar-refractivity contribution in [2.75, 3.05) is 11.9 Å². The van der Waals surface area contributed by atoms with E-state index in [-0.39, 0.29) is 17.2 Å². The second-order valence-corrected chi connectivity index (χ2v) is 9.23. The molecule has 3 amide bonds. The number of carbonyl (C=O) groups excluding carboxylic acids is 3. The van der Waals surface area contributed by atoms with E-state index < -0.39 is 29.4 Å². The van der Waals surface area contributed by atoms with Crippen molar-refractivity contribution in [2.45, 2.75) is 6.61 Å². The predicted octanol–water partition coefficient (Wildman–Crippen LogP) is 6.39. The number of benzene rings is 3. The fraction of sp³-hybridized carbons (Fsp3) is 0.0800. The summed E-state index contributed by atoms with van der Waals surface area (Å²) in [4.78, 5) is 38.5. The SMILES string of the molecule is O=C(CN1C(=O)S/C(=C/c2ccccc2OCc2ccc(Cl)cc2Cl)C1=O)Nc1cccc(F)c1. The van der Waals surface area contributed by atoms with Crippen LogP contribution in [0.15, 0.2) is 71.6 Å². The lowest BCUT2D eigenvalue weighted by molar-refractivity contribution is -0.127. The Morgan fingerprint density at radius 3 is 2.63 bits per heavy atom. The third kappa shape index (κ3) is 6.22. The molecule has 0 atom stereocenters. The molecule has 0 aromatic heterocycles. The standard InChI is InChI=1S/C25H17Cl2FN2O4S/c26-17-9-8-16(20(27)11-17)14-34-21-7-2-1-4-15(21)10-22-24(32)30(25(33)35-22)13-23(31)29-19-6-3-5-18(28)12-19/h1-12H,13-14H2,(H,29,31)/b22-10+. The zero-order valence-electron chi connectivity index (χ0n) is 18.0. The molecule has 0 aliphatic carbocycles. The number of nitrogens with zero attached hydrogens (tertiary/aromatic N) is 1. The summed E-state index contributed by atoms with van der Waals surface area (Å²) >= 11 is 12.9. The normalized spacial score (nSPS) is 14.5. The van der Waals surface area contributed by atoms with Crippen molar-refractivity contribution in [1.29, 1.82) is 0 Å². The van der Waals surface area contributed by atoms with Crippen LogP contribution >= 0.6 is 35.0 Å². The number of para-hydroxylation sites is 1. The van der Waals surface area contributed by atoms with E-state index in [0.29, 0.717) is 21.4 Å². The van der Waals surface area contributed by atoms with Gasteiger partial charge in [-0.1, -0.05) is 53.5 Å². The summed E-state index contributed by atoms with van der Waals surface area (Å²) in [6, 6.07) is 17.4. The van der Waals surface area contributed by atoms with Crippen molar-refractivity contribution in [3.63, 3.8) is 0 Å². The molecule has 3 aromatic carbocycles. The van der Waals surface area contributed by atoms with Gasteiger partial charge in [0.15, 0.2) is 0 Å². The Kier molecular flexibility index (Phi) is 7.75. The molecule has 1 aliphatic rings. The second-order valence-electron chi connectivity index (χ2n) is 7.39. The van der Waals surface area contributed by atoms with Gasteiger partial charge in [-0.05, 0) is 54.2 Å². The molecule has 3 aromatic rings. The molecule has 0 bridgehead atoms. The van der Waals surface area contributed by atoms with E-state index in [9.17, 15) is 18.8 Å². The van der Waals surface area contributed by atoms with Crippen LogP contribution in [0.3, 0.4) is 0 Å². The number of carbonyl (C=O) groups is 3. The Hall–Kier alpha value is -3.33. The van der Waals surface area contributed by atoms with Gasteiger partial charge in [-0.2, -0.15) is 0 Å². The molecule has 0 spiro atoms. The topological polar surface area (TPSA) is 75.7 Å². The first-order chi connectivity index (χ1) is 16.8. The Morgan fingerprint density at radius 1 is 1.06 bits per heavy atom. The first-order valence-electron chi connectivity index (χ1n) is 10.3. The smallest absolute Gasteiger partial charge is 0.294 e. The number of thioether (sulfide) groups is 1. The zero-order valence-corrected chi connectivity index (χ0v) is 20.3. The molecule has 0 unspecified atom stereocenters. The lowest BCUT2D eigenvalue weighted by Crippen LogP contribution is -2.36. The lowest BCUT2D eigenvalue weighted by Gasteiger charge is -2.13. The average molecular weight is 531 g/mol. The molecule has 35 heavy (non-hydrogen) atoms. The molecule has 1 aliphatic heterocycles. The van der Waals surface area contributed by atoms with Crippen molar-refractivity contribution >= 4 is 63.8 Å². The summed E-state index contributed by atoms with van der Waals surface area (Å²) in [7, 11) is 0. The number of ether oxygens (including phenoxy) is 1. The first-order valence-corrected chi connectivity index (χ1v) is 11.8. The average Bonchev–Trinajstić information content (AvgIpc) is 3.06. The van der Waals surface area contributed by atoms with Crippen LogP contribution in [0.2, 0.25) is 10.0 Å². The van der Waals surface area contributed by atoms with E-state index >= 15 is 0 Å². The molecular formula is C25H17Cl2FN2O4S. The molecular weight excluding hydrogens is 514 g/mol. The van der Waals surface area contributed by atoms with Crippen molar-refractivity contribution in [1.82, 2.24) is 4.90 Å². The third-order valence-electron chi connectivity index (χ3n) is 4.89. The summed E-state index contributed by atoms with van der Waals surface area (Å²) in [5.41, 5.74) is 1.53. The van der Waals surface area contributed by atoms with Gasteiger partial charge >= 0.3 is 0 Å². The van der Waals surface area contributed by atoms with Gasteiger partial charge in [0.2, 0.25) is 5.91 Å². The van der Waals surface area contributed by atoms with Gasteiger partial charge in [0.1, 0.15) is 24.7 Å². The molecule has 1 N–H and O–H groups in total. The van der Waals surface area contributed by atoms with E-state index in [4.69, 9.17) is 27.9 Å². The van der Waals surface area contributed by atoms with Gasteiger partial charge in [0.25, 0.3) is 11.1 Å². The zero-order chi connectivity index (χ0) is 24.9. The lowest BCUT2D eigenvalue weighted by atomic mass is 10.1.